The summed E-state index contributed by atoms with van der Waals surface area (Å²) in [6.45, 7) is 3.25. The van der Waals surface area contributed by atoms with Gasteiger partial charge in [0.25, 0.3) is 10.0 Å². The number of aryl methyl sites for hydroxylation is 1. The molecule has 28 heavy (non-hydrogen) atoms. The van der Waals surface area contributed by atoms with Crippen LogP contribution in [-0.2, 0) is 16.6 Å². The first-order valence-electron chi connectivity index (χ1n) is 8.63. The number of anilines is 2. The standard InChI is InChI=1S/C19H18ClN3O3S2/c1-13-2-4-14(5-3-13)12-23(19-22-7-9-27-19)28(24,25)18-11-17-16(10-15(18)20)21-6-8-26-17/h2-5,7,9-11,21H,6,8,12H2,1H3. The summed E-state index contributed by atoms with van der Waals surface area (Å²) >= 11 is 7.62. The molecule has 6 nitrogen and oxygen atoms in total. The van der Waals surface area contributed by atoms with Crippen LogP contribution in [0.2, 0.25) is 5.02 Å². The lowest BCUT2D eigenvalue weighted by molar-refractivity contribution is 0.322. The lowest BCUT2D eigenvalue weighted by atomic mass is 10.1. The predicted molar refractivity (Wildman–Crippen MR) is 112 cm³/mol. The Kier molecular flexibility index (Phi) is 5.18. The molecule has 1 N–H and O–H groups in total. The second-order valence-electron chi connectivity index (χ2n) is 6.37. The van der Waals surface area contributed by atoms with Crippen LogP contribution in [0.15, 0.2) is 52.9 Å². The van der Waals surface area contributed by atoms with Crippen molar-refractivity contribution in [3.05, 3.63) is 64.1 Å². The number of hydrogen-bond acceptors (Lipinski definition) is 6. The number of rotatable bonds is 5. The second kappa shape index (κ2) is 7.62. The van der Waals surface area contributed by atoms with E-state index in [1.807, 2.05) is 31.2 Å². The molecule has 1 aliphatic rings. The van der Waals surface area contributed by atoms with Crippen LogP contribution >= 0.6 is 22.9 Å². The fraction of sp³-hybridized carbons (Fsp3) is 0.211. The molecule has 4 rings (SSSR count). The minimum atomic E-state index is -3.95. The van der Waals surface area contributed by atoms with Crippen molar-refractivity contribution in [2.24, 2.45) is 0 Å². The Hall–Kier alpha value is -2.29. The molecule has 0 spiro atoms. The van der Waals surface area contributed by atoms with Crippen LogP contribution in [0.3, 0.4) is 0 Å². The van der Waals surface area contributed by atoms with E-state index in [1.165, 1.54) is 21.7 Å². The van der Waals surface area contributed by atoms with Crippen molar-refractivity contribution in [2.45, 2.75) is 18.4 Å². The smallest absolute Gasteiger partial charge is 0.268 e. The number of ether oxygens (including phenoxy) is 1. The first-order chi connectivity index (χ1) is 13.4. The van der Waals surface area contributed by atoms with E-state index in [-0.39, 0.29) is 16.5 Å². The van der Waals surface area contributed by atoms with E-state index in [4.69, 9.17) is 16.3 Å². The van der Waals surface area contributed by atoms with Gasteiger partial charge < -0.3 is 10.1 Å². The summed E-state index contributed by atoms with van der Waals surface area (Å²) < 4.78 is 34.0. The van der Waals surface area contributed by atoms with E-state index >= 15 is 0 Å². The quantitative estimate of drug-likeness (QED) is 0.646. The molecule has 146 valence electrons. The number of nitrogens with zero attached hydrogens (tertiary/aromatic N) is 2. The van der Waals surface area contributed by atoms with Gasteiger partial charge in [-0.15, -0.1) is 11.3 Å². The number of benzene rings is 2. The summed E-state index contributed by atoms with van der Waals surface area (Å²) in [7, 11) is -3.95. The number of halogens is 1. The van der Waals surface area contributed by atoms with Crippen LogP contribution in [0, 0.1) is 6.92 Å². The van der Waals surface area contributed by atoms with Crippen LogP contribution < -0.4 is 14.4 Å². The van der Waals surface area contributed by atoms with Gasteiger partial charge in [0.1, 0.15) is 17.3 Å². The Labute approximate surface area is 172 Å². The van der Waals surface area contributed by atoms with E-state index in [9.17, 15) is 8.42 Å². The maximum atomic E-state index is 13.5. The van der Waals surface area contributed by atoms with Gasteiger partial charge in [-0.05, 0) is 18.6 Å². The monoisotopic (exact) mass is 435 g/mol. The van der Waals surface area contributed by atoms with Crippen molar-refractivity contribution < 1.29 is 13.2 Å². The van der Waals surface area contributed by atoms with Gasteiger partial charge in [-0.3, -0.25) is 0 Å². The van der Waals surface area contributed by atoms with Gasteiger partial charge >= 0.3 is 0 Å². The molecule has 0 unspecified atom stereocenters. The number of hydrogen-bond donors (Lipinski definition) is 1. The van der Waals surface area contributed by atoms with Crippen molar-refractivity contribution in [2.75, 3.05) is 22.8 Å². The Morgan fingerprint density at radius 3 is 2.79 bits per heavy atom. The number of fused-ring (bicyclic) bond motifs is 1. The topological polar surface area (TPSA) is 71.5 Å². The van der Waals surface area contributed by atoms with E-state index in [0.717, 1.165) is 11.1 Å². The summed E-state index contributed by atoms with van der Waals surface area (Å²) in [5, 5.41) is 5.42. The molecule has 0 amide bonds. The lowest BCUT2D eigenvalue weighted by Crippen LogP contribution is -2.31. The second-order valence-corrected chi connectivity index (χ2v) is 9.48. The normalized spacial score (nSPS) is 13.4. The Balaban J connectivity index is 1.78. The molecule has 0 radical (unpaired) electrons. The van der Waals surface area contributed by atoms with Crippen LogP contribution in [0.4, 0.5) is 10.8 Å². The zero-order chi connectivity index (χ0) is 19.7. The molecular weight excluding hydrogens is 418 g/mol. The van der Waals surface area contributed by atoms with Gasteiger partial charge in [0.05, 0.1) is 17.3 Å². The van der Waals surface area contributed by atoms with Crippen molar-refractivity contribution in [1.29, 1.82) is 0 Å². The van der Waals surface area contributed by atoms with Crippen molar-refractivity contribution >= 4 is 43.8 Å². The van der Waals surface area contributed by atoms with Crippen LogP contribution in [0.5, 0.6) is 5.75 Å². The fourth-order valence-electron chi connectivity index (χ4n) is 2.91. The third kappa shape index (κ3) is 3.67. The van der Waals surface area contributed by atoms with E-state index < -0.39 is 10.0 Å². The summed E-state index contributed by atoms with van der Waals surface area (Å²) in [6, 6.07) is 10.8. The molecular formula is C19H18ClN3O3S2. The zero-order valence-electron chi connectivity index (χ0n) is 15.1. The molecule has 0 saturated heterocycles. The molecule has 1 aliphatic heterocycles. The van der Waals surface area contributed by atoms with Crippen LogP contribution in [0.25, 0.3) is 0 Å². The van der Waals surface area contributed by atoms with Crippen molar-refractivity contribution in [3.8, 4) is 5.75 Å². The molecule has 3 aromatic rings. The van der Waals surface area contributed by atoms with Crippen LogP contribution in [-0.4, -0.2) is 26.6 Å². The Morgan fingerprint density at radius 2 is 2.07 bits per heavy atom. The third-order valence-electron chi connectivity index (χ3n) is 4.36. The first-order valence-corrected chi connectivity index (χ1v) is 11.3. The Morgan fingerprint density at radius 1 is 1.29 bits per heavy atom. The maximum Gasteiger partial charge on any atom is 0.268 e. The zero-order valence-corrected chi connectivity index (χ0v) is 17.4. The SMILES string of the molecule is Cc1ccc(CN(c2nccs2)S(=O)(=O)c2cc3c(cc2Cl)NCCO3)cc1. The molecule has 0 fully saturated rings. The molecule has 2 aromatic carbocycles. The highest BCUT2D eigenvalue weighted by molar-refractivity contribution is 7.93. The molecule has 0 atom stereocenters. The minimum Gasteiger partial charge on any atom is -0.490 e. The average Bonchev–Trinajstić information content (AvgIpc) is 3.21. The highest BCUT2D eigenvalue weighted by atomic mass is 35.5. The molecule has 2 heterocycles. The van der Waals surface area contributed by atoms with Gasteiger partial charge in [0, 0.05) is 24.2 Å². The number of nitrogens with one attached hydrogen (secondary N) is 1. The Bertz CT molecular complexity index is 1080. The molecule has 1 aromatic heterocycles. The van der Waals surface area contributed by atoms with E-state index in [0.29, 0.717) is 29.7 Å². The van der Waals surface area contributed by atoms with Crippen molar-refractivity contribution in [1.82, 2.24) is 4.98 Å². The van der Waals surface area contributed by atoms with Gasteiger partial charge in [-0.2, -0.15) is 0 Å². The predicted octanol–water partition coefficient (Wildman–Crippen LogP) is 4.30. The highest BCUT2D eigenvalue weighted by Gasteiger charge is 2.31. The first kappa shape index (κ1) is 19.0. The van der Waals surface area contributed by atoms with Gasteiger partial charge in [-0.1, -0.05) is 41.4 Å². The number of sulfonamides is 1. The minimum absolute atomic E-state index is 0.000992. The summed E-state index contributed by atoms with van der Waals surface area (Å²) in [5.74, 6) is 0.476. The van der Waals surface area contributed by atoms with Gasteiger partial charge in [-0.25, -0.2) is 17.7 Å². The van der Waals surface area contributed by atoms with Gasteiger partial charge in [0.2, 0.25) is 0 Å². The van der Waals surface area contributed by atoms with E-state index in [1.54, 1.807) is 17.6 Å². The fourth-order valence-corrected chi connectivity index (χ4v) is 5.71. The molecule has 0 aliphatic carbocycles. The number of thiazole rings is 1. The molecule has 0 bridgehead atoms. The van der Waals surface area contributed by atoms with E-state index in [2.05, 4.69) is 10.3 Å². The summed E-state index contributed by atoms with van der Waals surface area (Å²) in [6.07, 6.45) is 1.58. The third-order valence-corrected chi connectivity index (χ3v) is 7.47. The maximum absolute atomic E-state index is 13.5. The average molecular weight is 436 g/mol. The number of aromatic nitrogens is 1. The van der Waals surface area contributed by atoms with Gasteiger partial charge in [0.15, 0.2) is 5.13 Å². The largest absolute Gasteiger partial charge is 0.490 e. The molecule has 0 saturated carbocycles. The van der Waals surface area contributed by atoms with Crippen LogP contribution in [0.1, 0.15) is 11.1 Å². The lowest BCUT2D eigenvalue weighted by Gasteiger charge is -2.25. The highest BCUT2D eigenvalue weighted by Crippen LogP contribution is 2.38. The summed E-state index contributed by atoms with van der Waals surface area (Å²) in [4.78, 5) is 4.22. The molecule has 9 heteroatoms. The summed E-state index contributed by atoms with van der Waals surface area (Å²) in [5.41, 5.74) is 2.65. The van der Waals surface area contributed by atoms with Crippen molar-refractivity contribution in [3.63, 3.8) is 0 Å².